The van der Waals surface area contributed by atoms with Crippen LogP contribution in [-0.2, 0) is 0 Å². The number of aromatic nitrogens is 4. The van der Waals surface area contributed by atoms with Gasteiger partial charge in [0, 0.05) is 35.5 Å². The summed E-state index contributed by atoms with van der Waals surface area (Å²) >= 11 is 0. The van der Waals surface area contributed by atoms with Crippen molar-refractivity contribution in [2.75, 3.05) is 0 Å². The maximum absolute atomic E-state index is 4.62. The number of nitrogens with zero attached hydrogens (tertiary/aromatic N) is 4. The lowest BCUT2D eigenvalue weighted by Gasteiger charge is -2.05. The molecule has 5 nitrogen and oxygen atoms in total. The van der Waals surface area contributed by atoms with Gasteiger partial charge in [-0.15, -0.1) is 0 Å². The number of hydrogen-bond donors (Lipinski definition) is 1. The second kappa shape index (κ2) is 7.78. The number of fused-ring (bicyclic) bond motifs is 3. The Balaban J connectivity index is 1.85. The second-order valence-electron chi connectivity index (χ2n) is 6.03. The maximum atomic E-state index is 4.62. The number of aliphatic imine (C=N–C) groups is 1. The van der Waals surface area contributed by atoms with Crippen molar-refractivity contribution in [1.29, 1.82) is 0 Å². The second-order valence-corrected chi connectivity index (χ2v) is 6.03. The third kappa shape index (κ3) is 3.42. The van der Waals surface area contributed by atoms with Gasteiger partial charge in [-0.1, -0.05) is 43.9 Å². The van der Waals surface area contributed by atoms with Crippen LogP contribution in [0.25, 0.3) is 16.7 Å². The van der Waals surface area contributed by atoms with E-state index in [1.807, 2.05) is 79.6 Å². The van der Waals surface area contributed by atoms with E-state index in [0.717, 1.165) is 33.5 Å². The van der Waals surface area contributed by atoms with Gasteiger partial charge in [0.2, 0.25) is 0 Å². The van der Waals surface area contributed by atoms with Crippen LogP contribution in [-0.4, -0.2) is 25.8 Å². The van der Waals surface area contributed by atoms with E-state index in [4.69, 9.17) is 0 Å². The van der Waals surface area contributed by atoms with Crippen molar-refractivity contribution in [3.05, 3.63) is 78.4 Å². The summed E-state index contributed by atoms with van der Waals surface area (Å²) < 4.78 is 1.84. The number of allylic oxidation sites excluding steroid dienone is 5. The minimum absolute atomic E-state index is 0.0784. The molecular weight excluding hydrogens is 322 g/mol. The smallest absolute Gasteiger partial charge is 0.161 e. The van der Waals surface area contributed by atoms with Crippen LogP contribution in [0.5, 0.6) is 0 Å². The molecule has 0 fully saturated rings. The minimum Gasteiger partial charge on any atom is -0.346 e. The van der Waals surface area contributed by atoms with E-state index in [1.165, 1.54) is 0 Å². The summed E-state index contributed by atoms with van der Waals surface area (Å²) in [5, 5.41) is 5.52. The molecule has 1 atom stereocenters. The first-order chi connectivity index (χ1) is 12.7. The summed E-state index contributed by atoms with van der Waals surface area (Å²) in [4.78, 5) is 12.4. The highest BCUT2D eigenvalue weighted by molar-refractivity contribution is 5.79. The Morgan fingerprint density at radius 3 is 2.92 bits per heavy atom. The molecule has 0 saturated carbocycles. The molecule has 26 heavy (non-hydrogen) atoms. The average molecular weight is 345 g/mol. The highest BCUT2D eigenvalue weighted by atomic mass is 15.3. The first kappa shape index (κ1) is 17.6. The zero-order valence-electron chi connectivity index (χ0n) is 15.3. The third-order valence-corrected chi connectivity index (χ3v) is 4.20. The van der Waals surface area contributed by atoms with E-state index in [-0.39, 0.29) is 5.92 Å². The summed E-state index contributed by atoms with van der Waals surface area (Å²) in [7, 11) is 0. The van der Waals surface area contributed by atoms with Gasteiger partial charge in [0.1, 0.15) is 5.65 Å². The first-order valence-corrected chi connectivity index (χ1v) is 8.64. The van der Waals surface area contributed by atoms with Crippen molar-refractivity contribution in [3.8, 4) is 0 Å². The molecule has 3 rings (SSSR count). The quantitative estimate of drug-likeness (QED) is 0.506. The number of H-pyrrole nitrogens is 1. The summed E-state index contributed by atoms with van der Waals surface area (Å²) in [5.74, 6) is 0.0784. The van der Waals surface area contributed by atoms with Crippen LogP contribution in [0, 0.1) is 0 Å². The van der Waals surface area contributed by atoms with Crippen LogP contribution in [0.2, 0.25) is 0 Å². The maximum Gasteiger partial charge on any atom is 0.161 e. The summed E-state index contributed by atoms with van der Waals surface area (Å²) in [6.07, 6.45) is 17.3. The number of aromatic amines is 1. The molecule has 5 heteroatoms. The molecule has 0 bridgehead atoms. The molecule has 1 unspecified atom stereocenters. The lowest BCUT2D eigenvalue weighted by molar-refractivity contribution is 0.968. The zero-order chi connectivity index (χ0) is 18.5. The molecule has 0 radical (unpaired) electrons. The predicted octanol–water partition coefficient (Wildman–Crippen LogP) is 4.98. The predicted molar refractivity (Wildman–Crippen MR) is 109 cm³/mol. The summed E-state index contributed by atoms with van der Waals surface area (Å²) in [6, 6.07) is 1.99. The Bertz CT molecular complexity index is 1040. The van der Waals surface area contributed by atoms with Gasteiger partial charge < -0.3 is 4.98 Å². The minimum atomic E-state index is 0.0784. The van der Waals surface area contributed by atoms with Crippen LogP contribution in [0.15, 0.2) is 77.9 Å². The molecule has 1 N–H and O–H groups in total. The highest BCUT2D eigenvalue weighted by Gasteiger charge is 2.13. The van der Waals surface area contributed by atoms with Crippen LogP contribution in [0.4, 0.5) is 0 Å². The van der Waals surface area contributed by atoms with Crippen LogP contribution >= 0.6 is 0 Å². The van der Waals surface area contributed by atoms with Gasteiger partial charge in [-0.3, -0.25) is 4.99 Å². The molecule has 0 spiro atoms. The van der Waals surface area contributed by atoms with Crippen molar-refractivity contribution in [1.82, 2.24) is 19.6 Å². The largest absolute Gasteiger partial charge is 0.346 e. The fourth-order valence-electron chi connectivity index (χ4n) is 2.74. The molecule has 3 aromatic rings. The van der Waals surface area contributed by atoms with Crippen molar-refractivity contribution in [2.24, 2.45) is 4.99 Å². The average Bonchev–Trinajstić information content (AvgIpc) is 3.28. The molecule has 3 aromatic heterocycles. The Morgan fingerprint density at radius 1 is 1.31 bits per heavy atom. The van der Waals surface area contributed by atoms with E-state index in [0.29, 0.717) is 0 Å². The van der Waals surface area contributed by atoms with Gasteiger partial charge in [0.05, 0.1) is 11.9 Å². The molecular formula is C21H23N5. The lowest BCUT2D eigenvalue weighted by atomic mass is 10.1. The molecule has 132 valence electrons. The molecule has 0 aromatic carbocycles. The van der Waals surface area contributed by atoms with Crippen molar-refractivity contribution >= 4 is 22.9 Å². The molecule has 0 aliphatic heterocycles. The number of hydrogen-bond acceptors (Lipinski definition) is 3. The molecule has 0 aliphatic rings. The Morgan fingerprint density at radius 2 is 2.15 bits per heavy atom. The highest BCUT2D eigenvalue weighted by Crippen LogP contribution is 2.22. The van der Waals surface area contributed by atoms with Gasteiger partial charge >= 0.3 is 0 Å². The molecule has 0 saturated heterocycles. The number of nitrogens with one attached hydrogen (secondary N) is 1. The topological polar surface area (TPSA) is 58.3 Å². The van der Waals surface area contributed by atoms with E-state index in [9.17, 15) is 0 Å². The fraction of sp³-hybridized carbons (Fsp3) is 0.190. The van der Waals surface area contributed by atoms with Gasteiger partial charge in [0.25, 0.3) is 0 Å². The monoisotopic (exact) mass is 345 g/mol. The molecule has 0 aliphatic carbocycles. The van der Waals surface area contributed by atoms with Crippen molar-refractivity contribution in [3.63, 3.8) is 0 Å². The first-order valence-electron chi connectivity index (χ1n) is 8.64. The zero-order valence-corrected chi connectivity index (χ0v) is 15.3. The van der Waals surface area contributed by atoms with Crippen LogP contribution in [0.1, 0.15) is 32.3 Å². The van der Waals surface area contributed by atoms with Crippen LogP contribution < -0.4 is 0 Å². The van der Waals surface area contributed by atoms with E-state index in [2.05, 4.69) is 33.6 Å². The summed E-state index contributed by atoms with van der Waals surface area (Å²) in [5.41, 5.74) is 4.56. The van der Waals surface area contributed by atoms with E-state index < -0.39 is 0 Å². The molecule has 3 heterocycles. The van der Waals surface area contributed by atoms with Gasteiger partial charge in [-0.05, 0) is 25.5 Å². The van der Waals surface area contributed by atoms with E-state index >= 15 is 0 Å². The van der Waals surface area contributed by atoms with Gasteiger partial charge in [-0.2, -0.15) is 9.61 Å². The Hall–Kier alpha value is -3.21. The SMILES string of the molecule is C=C(/C=C\C=C/C)/C(=C/C)N=CC(C)c1cnn2c1ncc1cc[nH]c12. The normalized spacial score (nSPS) is 14.5. The van der Waals surface area contributed by atoms with Gasteiger partial charge in [0.15, 0.2) is 5.65 Å². The fourth-order valence-corrected chi connectivity index (χ4v) is 2.74. The van der Waals surface area contributed by atoms with Gasteiger partial charge in [-0.25, -0.2) is 4.98 Å². The van der Waals surface area contributed by atoms with Crippen molar-refractivity contribution < 1.29 is 0 Å². The van der Waals surface area contributed by atoms with Crippen LogP contribution in [0.3, 0.4) is 0 Å². The Kier molecular flexibility index (Phi) is 5.27. The Labute approximate surface area is 153 Å². The third-order valence-electron chi connectivity index (χ3n) is 4.20. The van der Waals surface area contributed by atoms with Crippen molar-refractivity contribution in [2.45, 2.75) is 26.7 Å². The molecule has 0 amide bonds. The summed E-state index contributed by atoms with van der Waals surface area (Å²) in [6.45, 7) is 10.1. The number of rotatable bonds is 6. The standard InChI is InChI=1S/C21H23N5/c1-5-7-8-9-15(3)19(6-2)23-12-16(4)18-14-25-26-20-17(10-11-22-20)13-24-21(18)26/h5-14,16,22H,3H2,1-2,4H3/b7-5-,9-8-,19-6-,23-12?. The van der Waals surface area contributed by atoms with E-state index in [1.54, 1.807) is 0 Å². The lowest BCUT2D eigenvalue weighted by Crippen LogP contribution is -1.98.